The second kappa shape index (κ2) is 6.27. The summed E-state index contributed by atoms with van der Waals surface area (Å²) < 4.78 is 47.5. The molecule has 3 N–H and O–H groups in total. The van der Waals surface area contributed by atoms with Crippen molar-refractivity contribution in [2.45, 2.75) is 36.3 Å². The van der Waals surface area contributed by atoms with Crippen LogP contribution in [0, 0.1) is 5.41 Å². The van der Waals surface area contributed by atoms with Gasteiger partial charge in [-0.15, -0.1) is 0 Å². The summed E-state index contributed by atoms with van der Waals surface area (Å²) in [7, 11) is -4.52. The number of anilines is 1. The molecule has 0 radical (unpaired) electrons. The van der Waals surface area contributed by atoms with Crippen molar-refractivity contribution in [1.29, 1.82) is 0 Å². The van der Waals surface area contributed by atoms with Crippen molar-refractivity contribution in [3.63, 3.8) is 0 Å². The van der Waals surface area contributed by atoms with Gasteiger partial charge in [0.2, 0.25) is 9.84 Å². The molecule has 0 spiro atoms. The molecule has 1 aliphatic rings. The summed E-state index contributed by atoms with van der Waals surface area (Å²) in [5.74, 6) is -3.39. The monoisotopic (exact) mass is 318 g/mol. The van der Waals surface area contributed by atoms with E-state index in [1.54, 1.807) is 0 Å². The SMILES string of the molecule is NCC1(CNc2ccc(S(=O)(=O)C(F)F)cc2)CCCC1. The summed E-state index contributed by atoms with van der Waals surface area (Å²) in [5.41, 5.74) is 6.65. The van der Waals surface area contributed by atoms with Crippen LogP contribution in [0.1, 0.15) is 25.7 Å². The lowest BCUT2D eigenvalue weighted by Gasteiger charge is -2.28. The molecule has 1 aromatic rings. The molecule has 0 aliphatic heterocycles. The number of hydrogen-bond acceptors (Lipinski definition) is 4. The highest BCUT2D eigenvalue weighted by Crippen LogP contribution is 2.37. The van der Waals surface area contributed by atoms with E-state index in [9.17, 15) is 17.2 Å². The van der Waals surface area contributed by atoms with Crippen LogP contribution in [0.15, 0.2) is 29.2 Å². The Bertz CT molecular complexity index is 567. The Balaban J connectivity index is 2.03. The standard InChI is InChI=1S/C14H20F2N2O2S/c15-13(16)21(19,20)12-5-3-11(4-6-12)18-10-14(9-17)7-1-2-8-14/h3-6,13,18H,1-2,7-10,17H2. The molecule has 0 unspecified atom stereocenters. The van der Waals surface area contributed by atoms with Crippen LogP contribution in [0.2, 0.25) is 0 Å². The summed E-state index contributed by atoms with van der Waals surface area (Å²) in [6, 6.07) is 5.42. The Morgan fingerprint density at radius 2 is 1.76 bits per heavy atom. The number of nitrogens with one attached hydrogen (secondary N) is 1. The van der Waals surface area contributed by atoms with Gasteiger partial charge < -0.3 is 11.1 Å². The smallest absolute Gasteiger partial charge is 0.341 e. The molecule has 21 heavy (non-hydrogen) atoms. The van der Waals surface area contributed by atoms with Gasteiger partial charge in [-0.3, -0.25) is 0 Å². The fourth-order valence-corrected chi connectivity index (χ4v) is 3.45. The van der Waals surface area contributed by atoms with E-state index < -0.39 is 15.6 Å². The predicted molar refractivity (Wildman–Crippen MR) is 78.1 cm³/mol. The molecule has 0 atom stereocenters. The Morgan fingerprint density at radius 3 is 2.24 bits per heavy atom. The number of sulfone groups is 1. The molecule has 0 amide bonds. The number of hydrogen-bond donors (Lipinski definition) is 2. The third-order valence-corrected chi connectivity index (χ3v) is 5.58. The van der Waals surface area contributed by atoms with Crippen LogP contribution in [0.4, 0.5) is 14.5 Å². The molecule has 0 heterocycles. The zero-order valence-electron chi connectivity index (χ0n) is 11.7. The van der Waals surface area contributed by atoms with Gasteiger partial charge in [-0.2, -0.15) is 8.78 Å². The quantitative estimate of drug-likeness (QED) is 0.846. The minimum Gasteiger partial charge on any atom is -0.384 e. The van der Waals surface area contributed by atoms with Crippen molar-refractivity contribution < 1.29 is 17.2 Å². The lowest BCUT2D eigenvalue weighted by Crippen LogP contribution is -2.34. The van der Waals surface area contributed by atoms with Crippen molar-refractivity contribution >= 4 is 15.5 Å². The summed E-state index contributed by atoms with van der Waals surface area (Å²) >= 11 is 0. The molecular formula is C14H20F2N2O2S. The van der Waals surface area contributed by atoms with E-state index in [1.165, 1.54) is 37.1 Å². The first-order valence-corrected chi connectivity index (χ1v) is 8.50. The molecule has 4 nitrogen and oxygen atoms in total. The van der Waals surface area contributed by atoms with Crippen molar-refractivity contribution in [2.24, 2.45) is 11.1 Å². The van der Waals surface area contributed by atoms with Gasteiger partial charge >= 0.3 is 5.76 Å². The molecule has 1 aliphatic carbocycles. The number of nitrogens with two attached hydrogens (primary N) is 1. The normalized spacial score (nSPS) is 18.1. The van der Waals surface area contributed by atoms with Gasteiger partial charge in [0, 0.05) is 12.2 Å². The Kier molecular flexibility index (Phi) is 4.83. The third-order valence-electron chi connectivity index (χ3n) is 4.18. The topological polar surface area (TPSA) is 72.2 Å². The second-order valence-electron chi connectivity index (χ2n) is 5.59. The first-order valence-electron chi connectivity index (χ1n) is 6.96. The van der Waals surface area contributed by atoms with Crippen molar-refractivity contribution in [1.82, 2.24) is 0 Å². The maximum Gasteiger partial charge on any atom is 0.341 e. The molecule has 1 fully saturated rings. The van der Waals surface area contributed by atoms with E-state index in [0.717, 1.165) is 12.8 Å². The molecule has 7 heteroatoms. The maximum absolute atomic E-state index is 12.4. The maximum atomic E-state index is 12.4. The van der Waals surface area contributed by atoms with Crippen LogP contribution >= 0.6 is 0 Å². The largest absolute Gasteiger partial charge is 0.384 e. The molecule has 0 aromatic heterocycles. The Labute approximate surface area is 123 Å². The fraction of sp³-hybridized carbons (Fsp3) is 0.571. The number of alkyl halides is 2. The van der Waals surface area contributed by atoms with Crippen molar-refractivity contribution in [3.8, 4) is 0 Å². The van der Waals surface area contributed by atoms with Gasteiger partial charge in [0.25, 0.3) is 0 Å². The highest BCUT2D eigenvalue weighted by molar-refractivity contribution is 7.91. The van der Waals surface area contributed by atoms with Gasteiger partial charge in [-0.25, -0.2) is 8.42 Å². The minimum absolute atomic E-state index is 0.0910. The first-order chi connectivity index (χ1) is 9.89. The van der Waals surface area contributed by atoms with Gasteiger partial charge in [-0.1, -0.05) is 12.8 Å². The van der Waals surface area contributed by atoms with Crippen LogP contribution in [0.5, 0.6) is 0 Å². The van der Waals surface area contributed by atoms with Crippen LogP contribution in [0.3, 0.4) is 0 Å². The third kappa shape index (κ3) is 3.52. The average Bonchev–Trinajstić information content (AvgIpc) is 2.95. The summed E-state index contributed by atoms with van der Waals surface area (Å²) in [5, 5.41) is 3.22. The van der Waals surface area contributed by atoms with E-state index in [1.807, 2.05) is 0 Å². The second-order valence-corrected chi connectivity index (χ2v) is 7.51. The lowest BCUT2D eigenvalue weighted by atomic mass is 9.86. The minimum atomic E-state index is -4.52. The molecular weight excluding hydrogens is 298 g/mol. The van der Waals surface area contributed by atoms with Crippen LogP contribution in [0.25, 0.3) is 0 Å². The molecule has 2 rings (SSSR count). The molecule has 0 bridgehead atoms. The molecule has 0 saturated heterocycles. The van der Waals surface area contributed by atoms with E-state index in [4.69, 9.17) is 5.73 Å². The Morgan fingerprint density at radius 1 is 1.19 bits per heavy atom. The van der Waals surface area contributed by atoms with Gasteiger partial charge in [0.05, 0.1) is 4.90 Å². The lowest BCUT2D eigenvalue weighted by molar-refractivity contribution is 0.234. The van der Waals surface area contributed by atoms with E-state index >= 15 is 0 Å². The van der Waals surface area contributed by atoms with Gasteiger partial charge in [-0.05, 0) is 49.1 Å². The van der Waals surface area contributed by atoms with E-state index in [2.05, 4.69) is 5.32 Å². The summed E-state index contributed by atoms with van der Waals surface area (Å²) in [6.07, 6.45) is 4.50. The van der Waals surface area contributed by atoms with Crippen LogP contribution < -0.4 is 11.1 Å². The zero-order chi connectivity index (χ0) is 15.5. The van der Waals surface area contributed by atoms with Gasteiger partial charge in [0.15, 0.2) is 0 Å². The van der Waals surface area contributed by atoms with Gasteiger partial charge in [0.1, 0.15) is 0 Å². The average molecular weight is 318 g/mol. The fourth-order valence-electron chi connectivity index (χ4n) is 2.73. The highest BCUT2D eigenvalue weighted by atomic mass is 32.2. The highest BCUT2D eigenvalue weighted by Gasteiger charge is 2.32. The first kappa shape index (κ1) is 16.2. The molecule has 1 aromatic carbocycles. The van der Waals surface area contributed by atoms with Crippen molar-refractivity contribution in [2.75, 3.05) is 18.4 Å². The van der Waals surface area contributed by atoms with Crippen molar-refractivity contribution in [3.05, 3.63) is 24.3 Å². The molecule has 1 saturated carbocycles. The zero-order valence-corrected chi connectivity index (χ0v) is 12.5. The molecule has 118 valence electrons. The van der Waals surface area contributed by atoms with E-state index in [0.29, 0.717) is 18.8 Å². The van der Waals surface area contributed by atoms with Crippen LogP contribution in [-0.4, -0.2) is 27.3 Å². The van der Waals surface area contributed by atoms with E-state index in [-0.39, 0.29) is 10.3 Å². The number of rotatable bonds is 6. The van der Waals surface area contributed by atoms with Crippen LogP contribution in [-0.2, 0) is 9.84 Å². The summed E-state index contributed by atoms with van der Waals surface area (Å²) in [6.45, 7) is 1.32. The number of benzene rings is 1. The predicted octanol–water partition coefficient (Wildman–Crippen LogP) is 2.61. The Hall–Kier alpha value is -1.21. The number of halogens is 2. The summed E-state index contributed by atoms with van der Waals surface area (Å²) in [4.78, 5) is -0.363.